The van der Waals surface area contributed by atoms with Gasteiger partial charge in [-0.25, -0.2) is 0 Å². The minimum atomic E-state index is 0.662. The number of nitrogens with one attached hydrogen (secondary N) is 1. The van der Waals surface area contributed by atoms with Crippen LogP contribution in [0.5, 0.6) is 0 Å². The summed E-state index contributed by atoms with van der Waals surface area (Å²) in [5.74, 6) is 0. The first-order valence-corrected chi connectivity index (χ1v) is 7.24. The SMILES string of the molecule is Cc1ccc2[nH]c(=S)n(Cc3ccccc3)c(=S)c2c1. The van der Waals surface area contributed by atoms with E-state index in [4.69, 9.17) is 24.4 Å². The highest BCUT2D eigenvalue weighted by atomic mass is 32.1. The van der Waals surface area contributed by atoms with Crippen molar-refractivity contribution in [3.8, 4) is 0 Å². The summed E-state index contributed by atoms with van der Waals surface area (Å²) in [6, 6.07) is 16.4. The molecule has 1 heterocycles. The molecule has 0 aliphatic rings. The molecule has 0 unspecified atom stereocenters. The standard InChI is InChI=1S/C16H14N2S2/c1-11-7-8-14-13(9-11)15(19)18(16(20)17-14)10-12-5-3-2-4-6-12/h2-9H,10H2,1H3,(H,17,20). The van der Waals surface area contributed by atoms with Crippen LogP contribution < -0.4 is 0 Å². The summed E-state index contributed by atoms with van der Waals surface area (Å²) in [7, 11) is 0. The zero-order valence-electron chi connectivity index (χ0n) is 11.1. The molecule has 0 aliphatic carbocycles. The second kappa shape index (κ2) is 5.31. The van der Waals surface area contributed by atoms with Crippen LogP contribution in [0.1, 0.15) is 11.1 Å². The van der Waals surface area contributed by atoms with Gasteiger partial charge in [0.2, 0.25) is 0 Å². The molecule has 0 fully saturated rings. The van der Waals surface area contributed by atoms with E-state index in [1.54, 1.807) is 0 Å². The summed E-state index contributed by atoms with van der Waals surface area (Å²) in [5.41, 5.74) is 3.38. The molecule has 0 spiro atoms. The Balaban J connectivity index is 2.21. The minimum absolute atomic E-state index is 0.662. The van der Waals surface area contributed by atoms with E-state index in [1.807, 2.05) is 28.8 Å². The molecule has 1 aromatic heterocycles. The first kappa shape index (κ1) is 13.2. The number of aryl methyl sites for hydroxylation is 1. The average molecular weight is 298 g/mol. The predicted octanol–water partition coefficient (Wildman–Crippen LogP) is 4.79. The number of aromatic nitrogens is 2. The Hall–Kier alpha value is -1.78. The molecule has 2 aromatic carbocycles. The van der Waals surface area contributed by atoms with Crippen molar-refractivity contribution >= 4 is 35.3 Å². The monoisotopic (exact) mass is 298 g/mol. The average Bonchev–Trinajstić information content (AvgIpc) is 2.46. The van der Waals surface area contributed by atoms with Gasteiger partial charge in [0, 0.05) is 5.39 Å². The van der Waals surface area contributed by atoms with Crippen LogP contribution in [0, 0.1) is 16.3 Å². The van der Waals surface area contributed by atoms with Gasteiger partial charge in [-0.3, -0.25) is 0 Å². The van der Waals surface area contributed by atoms with Crippen molar-refractivity contribution in [1.29, 1.82) is 0 Å². The van der Waals surface area contributed by atoms with E-state index in [9.17, 15) is 0 Å². The molecule has 0 amide bonds. The lowest BCUT2D eigenvalue weighted by Crippen LogP contribution is -2.06. The number of nitrogens with zero attached hydrogens (tertiary/aromatic N) is 1. The minimum Gasteiger partial charge on any atom is -0.332 e. The van der Waals surface area contributed by atoms with Gasteiger partial charge in [-0.15, -0.1) is 0 Å². The fourth-order valence-electron chi connectivity index (χ4n) is 2.27. The van der Waals surface area contributed by atoms with Crippen molar-refractivity contribution in [3.05, 3.63) is 69.1 Å². The second-order valence-electron chi connectivity index (χ2n) is 4.86. The summed E-state index contributed by atoms with van der Waals surface area (Å²) in [6.07, 6.45) is 0. The molecule has 0 saturated carbocycles. The number of aromatic amines is 1. The fraction of sp³-hybridized carbons (Fsp3) is 0.125. The lowest BCUT2D eigenvalue weighted by atomic mass is 10.1. The molecule has 3 aromatic rings. The molecule has 0 aliphatic heterocycles. The van der Waals surface area contributed by atoms with E-state index < -0.39 is 0 Å². The highest BCUT2D eigenvalue weighted by Gasteiger charge is 2.03. The number of H-pyrrole nitrogens is 1. The summed E-state index contributed by atoms with van der Waals surface area (Å²) in [4.78, 5) is 3.26. The molecule has 100 valence electrons. The van der Waals surface area contributed by atoms with Gasteiger partial charge in [-0.2, -0.15) is 0 Å². The van der Waals surface area contributed by atoms with Crippen LogP contribution in [-0.4, -0.2) is 9.55 Å². The van der Waals surface area contributed by atoms with Gasteiger partial charge >= 0.3 is 0 Å². The van der Waals surface area contributed by atoms with Crippen LogP contribution in [0.25, 0.3) is 10.9 Å². The quantitative estimate of drug-likeness (QED) is 0.687. The Bertz CT molecular complexity index is 876. The van der Waals surface area contributed by atoms with Gasteiger partial charge < -0.3 is 9.55 Å². The van der Waals surface area contributed by atoms with Crippen LogP contribution in [0.15, 0.2) is 48.5 Å². The third kappa shape index (κ3) is 2.44. The molecule has 20 heavy (non-hydrogen) atoms. The Labute approximate surface area is 127 Å². The molecule has 2 nitrogen and oxygen atoms in total. The lowest BCUT2D eigenvalue weighted by Gasteiger charge is -2.10. The van der Waals surface area contributed by atoms with Crippen molar-refractivity contribution < 1.29 is 0 Å². The fourth-order valence-corrected chi connectivity index (χ4v) is 2.92. The molecule has 1 N–H and O–H groups in total. The number of hydrogen-bond donors (Lipinski definition) is 1. The van der Waals surface area contributed by atoms with Crippen molar-refractivity contribution in [2.75, 3.05) is 0 Å². The first-order valence-electron chi connectivity index (χ1n) is 6.42. The number of hydrogen-bond acceptors (Lipinski definition) is 2. The van der Waals surface area contributed by atoms with Crippen LogP contribution in [-0.2, 0) is 6.54 Å². The lowest BCUT2D eigenvalue weighted by molar-refractivity contribution is 0.751. The van der Waals surface area contributed by atoms with E-state index in [2.05, 4.69) is 36.2 Å². The zero-order valence-corrected chi connectivity index (χ0v) is 12.7. The van der Waals surface area contributed by atoms with Crippen molar-refractivity contribution in [3.63, 3.8) is 0 Å². The third-order valence-electron chi connectivity index (χ3n) is 3.32. The molecule has 0 atom stereocenters. The topological polar surface area (TPSA) is 20.7 Å². The summed E-state index contributed by atoms with van der Waals surface area (Å²) >= 11 is 11.1. The molecule has 0 saturated heterocycles. The Morgan fingerprint density at radius 2 is 1.80 bits per heavy atom. The van der Waals surface area contributed by atoms with Crippen LogP contribution in [0.4, 0.5) is 0 Å². The van der Waals surface area contributed by atoms with Gasteiger partial charge in [0.1, 0.15) is 4.64 Å². The summed E-state index contributed by atoms with van der Waals surface area (Å²) in [5, 5.41) is 1.05. The van der Waals surface area contributed by atoms with Crippen LogP contribution in [0.2, 0.25) is 0 Å². The Morgan fingerprint density at radius 1 is 1.05 bits per heavy atom. The van der Waals surface area contributed by atoms with Gasteiger partial charge in [0.25, 0.3) is 0 Å². The maximum atomic E-state index is 5.62. The van der Waals surface area contributed by atoms with Crippen molar-refractivity contribution in [2.45, 2.75) is 13.5 Å². The van der Waals surface area contributed by atoms with Gasteiger partial charge in [-0.05, 0) is 36.8 Å². The van der Waals surface area contributed by atoms with E-state index in [0.717, 1.165) is 15.5 Å². The molecular formula is C16H14N2S2. The molecule has 4 heteroatoms. The summed E-state index contributed by atoms with van der Waals surface area (Å²) in [6.45, 7) is 2.76. The molecular weight excluding hydrogens is 284 g/mol. The third-order valence-corrected chi connectivity index (χ3v) is 4.08. The maximum Gasteiger partial charge on any atom is 0.178 e. The molecule has 0 radical (unpaired) electrons. The largest absolute Gasteiger partial charge is 0.332 e. The predicted molar refractivity (Wildman–Crippen MR) is 88.2 cm³/mol. The second-order valence-corrected chi connectivity index (χ2v) is 5.63. The normalized spacial score (nSPS) is 10.8. The van der Waals surface area contributed by atoms with E-state index in [-0.39, 0.29) is 0 Å². The molecule has 3 rings (SSSR count). The van der Waals surface area contributed by atoms with E-state index in [1.165, 1.54) is 11.1 Å². The highest BCUT2D eigenvalue weighted by Crippen LogP contribution is 2.17. The Morgan fingerprint density at radius 3 is 2.55 bits per heavy atom. The van der Waals surface area contributed by atoms with Crippen LogP contribution in [0.3, 0.4) is 0 Å². The number of rotatable bonds is 2. The van der Waals surface area contributed by atoms with Gasteiger partial charge in [0.15, 0.2) is 4.77 Å². The number of benzene rings is 2. The zero-order chi connectivity index (χ0) is 14.1. The highest BCUT2D eigenvalue weighted by molar-refractivity contribution is 7.72. The Kier molecular flexibility index (Phi) is 3.51. The van der Waals surface area contributed by atoms with Gasteiger partial charge in [0.05, 0.1) is 12.1 Å². The maximum absolute atomic E-state index is 5.62. The van der Waals surface area contributed by atoms with Crippen LogP contribution >= 0.6 is 24.4 Å². The van der Waals surface area contributed by atoms with E-state index >= 15 is 0 Å². The van der Waals surface area contributed by atoms with Gasteiger partial charge in [-0.1, -0.05) is 54.2 Å². The van der Waals surface area contributed by atoms with E-state index in [0.29, 0.717) is 11.3 Å². The van der Waals surface area contributed by atoms with Crippen molar-refractivity contribution in [1.82, 2.24) is 9.55 Å². The number of fused-ring (bicyclic) bond motifs is 1. The molecule has 0 bridgehead atoms. The first-order chi connectivity index (χ1) is 9.65. The van der Waals surface area contributed by atoms with Crippen molar-refractivity contribution in [2.24, 2.45) is 0 Å². The smallest absolute Gasteiger partial charge is 0.178 e. The summed E-state index contributed by atoms with van der Waals surface area (Å²) < 4.78 is 3.42.